The van der Waals surface area contributed by atoms with E-state index in [0.717, 1.165) is 5.56 Å². The monoisotopic (exact) mass is 286 g/mol. The summed E-state index contributed by atoms with van der Waals surface area (Å²) in [7, 11) is 0. The third-order valence-electron chi connectivity index (χ3n) is 2.88. The molecule has 1 aromatic heterocycles. The van der Waals surface area contributed by atoms with Crippen LogP contribution in [0.1, 0.15) is 22.3 Å². The number of carbonyl (C=O) groups is 2. The molecule has 108 valence electrons. The molecule has 0 saturated carbocycles. The van der Waals surface area contributed by atoms with E-state index in [9.17, 15) is 14.7 Å². The Kier molecular flexibility index (Phi) is 4.50. The van der Waals surface area contributed by atoms with E-state index in [1.54, 1.807) is 18.5 Å². The molecule has 3 N–H and O–H groups in total. The lowest BCUT2D eigenvalue weighted by Crippen LogP contribution is -2.12. The van der Waals surface area contributed by atoms with Gasteiger partial charge in [0.15, 0.2) is 0 Å². The van der Waals surface area contributed by atoms with Gasteiger partial charge in [-0.25, -0.2) is 4.79 Å². The van der Waals surface area contributed by atoms with E-state index >= 15 is 0 Å². The number of aryl methyl sites for hydroxylation is 1. The standard InChI is InChI=1S/C15H14N2O4/c18-13-8-11(4-5-12(13)15(20)21)17-14(19)6-3-10-2-1-7-16-9-10/h1-2,4-5,7-9,18H,3,6H2,(H,17,19)(H,20,21). The second kappa shape index (κ2) is 6.51. The van der Waals surface area contributed by atoms with E-state index in [-0.39, 0.29) is 23.6 Å². The SMILES string of the molecule is O=C(CCc1cccnc1)Nc1ccc(C(=O)O)c(O)c1. The number of carboxylic acid groups (broad SMARTS) is 1. The molecule has 0 atom stereocenters. The number of aromatic hydroxyl groups is 1. The predicted molar refractivity (Wildman–Crippen MR) is 76.3 cm³/mol. The van der Waals surface area contributed by atoms with Crippen molar-refractivity contribution in [1.29, 1.82) is 0 Å². The first-order valence-electron chi connectivity index (χ1n) is 6.31. The first kappa shape index (κ1) is 14.5. The highest BCUT2D eigenvalue weighted by Crippen LogP contribution is 2.22. The molecule has 1 aromatic carbocycles. The number of benzene rings is 1. The number of aromatic nitrogens is 1. The number of anilines is 1. The number of nitrogens with zero attached hydrogens (tertiary/aromatic N) is 1. The summed E-state index contributed by atoms with van der Waals surface area (Å²) in [5.41, 5.74) is 1.11. The maximum Gasteiger partial charge on any atom is 0.339 e. The van der Waals surface area contributed by atoms with Gasteiger partial charge in [0.25, 0.3) is 0 Å². The van der Waals surface area contributed by atoms with Gasteiger partial charge in [-0.1, -0.05) is 6.07 Å². The zero-order valence-electron chi connectivity index (χ0n) is 11.1. The van der Waals surface area contributed by atoms with Gasteiger partial charge in [0, 0.05) is 30.6 Å². The van der Waals surface area contributed by atoms with Crippen molar-refractivity contribution in [3.63, 3.8) is 0 Å². The Morgan fingerprint density at radius 1 is 1.24 bits per heavy atom. The highest BCUT2D eigenvalue weighted by molar-refractivity contribution is 5.94. The molecule has 0 spiro atoms. The summed E-state index contributed by atoms with van der Waals surface area (Å²) in [6.45, 7) is 0. The Morgan fingerprint density at radius 3 is 2.67 bits per heavy atom. The second-order valence-corrected chi connectivity index (χ2v) is 4.45. The number of phenols is 1. The molecule has 0 saturated heterocycles. The molecule has 1 heterocycles. The molecular formula is C15H14N2O4. The fourth-order valence-corrected chi connectivity index (χ4v) is 1.82. The number of carboxylic acids is 1. The lowest BCUT2D eigenvalue weighted by Gasteiger charge is -2.07. The smallest absolute Gasteiger partial charge is 0.339 e. The number of pyridine rings is 1. The van der Waals surface area contributed by atoms with Gasteiger partial charge in [-0.15, -0.1) is 0 Å². The first-order valence-corrected chi connectivity index (χ1v) is 6.31. The van der Waals surface area contributed by atoms with Crippen molar-refractivity contribution in [1.82, 2.24) is 4.98 Å². The summed E-state index contributed by atoms with van der Waals surface area (Å²) in [4.78, 5) is 26.5. The second-order valence-electron chi connectivity index (χ2n) is 4.45. The van der Waals surface area contributed by atoms with Gasteiger partial charge >= 0.3 is 5.97 Å². The van der Waals surface area contributed by atoms with Crippen molar-refractivity contribution in [3.8, 4) is 5.75 Å². The van der Waals surface area contributed by atoms with Gasteiger partial charge in [0.1, 0.15) is 11.3 Å². The fourth-order valence-electron chi connectivity index (χ4n) is 1.82. The zero-order valence-corrected chi connectivity index (χ0v) is 11.1. The van der Waals surface area contributed by atoms with E-state index < -0.39 is 5.97 Å². The van der Waals surface area contributed by atoms with E-state index in [1.807, 2.05) is 6.07 Å². The molecule has 0 aliphatic rings. The molecule has 6 nitrogen and oxygen atoms in total. The maximum atomic E-state index is 11.8. The molecular weight excluding hydrogens is 272 g/mol. The largest absolute Gasteiger partial charge is 0.507 e. The Balaban J connectivity index is 1.94. The van der Waals surface area contributed by atoms with Gasteiger partial charge in [0.05, 0.1) is 0 Å². The number of hydrogen-bond acceptors (Lipinski definition) is 4. The topological polar surface area (TPSA) is 99.5 Å². The number of rotatable bonds is 5. The molecule has 0 radical (unpaired) electrons. The zero-order chi connectivity index (χ0) is 15.2. The number of amides is 1. The van der Waals surface area contributed by atoms with Crippen molar-refractivity contribution in [2.45, 2.75) is 12.8 Å². The van der Waals surface area contributed by atoms with E-state index in [0.29, 0.717) is 12.1 Å². The predicted octanol–water partition coefficient (Wildman–Crippen LogP) is 2.06. The molecule has 2 aromatic rings. The van der Waals surface area contributed by atoms with E-state index in [2.05, 4.69) is 10.3 Å². The average molecular weight is 286 g/mol. The highest BCUT2D eigenvalue weighted by Gasteiger charge is 2.11. The van der Waals surface area contributed by atoms with Crippen molar-refractivity contribution < 1.29 is 19.8 Å². The van der Waals surface area contributed by atoms with Crippen LogP contribution in [0.4, 0.5) is 5.69 Å². The molecule has 1 amide bonds. The Morgan fingerprint density at radius 2 is 2.05 bits per heavy atom. The van der Waals surface area contributed by atoms with Crippen LogP contribution in [0.2, 0.25) is 0 Å². The van der Waals surface area contributed by atoms with Gasteiger partial charge in [-0.05, 0) is 30.2 Å². The van der Waals surface area contributed by atoms with Crippen molar-refractivity contribution in [2.75, 3.05) is 5.32 Å². The maximum absolute atomic E-state index is 11.8. The van der Waals surface area contributed by atoms with E-state index in [4.69, 9.17) is 5.11 Å². The number of carbonyl (C=O) groups excluding carboxylic acids is 1. The fraction of sp³-hybridized carbons (Fsp3) is 0.133. The molecule has 21 heavy (non-hydrogen) atoms. The molecule has 0 unspecified atom stereocenters. The minimum atomic E-state index is -1.22. The summed E-state index contributed by atoms with van der Waals surface area (Å²) in [6.07, 6.45) is 4.18. The van der Waals surface area contributed by atoms with Crippen molar-refractivity contribution in [2.24, 2.45) is 0 Å². The van der Waals surface area contributed by atoms with Crippen LogP contribution in [0, 0.1) is 0 Å². The molecule has 0 bridgehead atoms. The number of hydrogen-bond donors (Lipinski definition) is 3. The van der Waals surface area contributed by atoms with E-state index in [1.165, 1.54) is 18.2 Å². The number of aromatic carboxylic acids is 1. The lowest BCUT2D eigenvalue weighted by molar-refractivity contribution is -0.116. The Bertz CT molecular complexity index is 656. The Labute approximate surface area is 121 Å². The van der Waals surface area contributed by atoms with Crippen LogP contribution in [-0.2, 0) is 11.2 Å². The minimum absolute atomic E-state index is 0.205. The average Bonchev–Trinajstić information content (AvgIpc) is 2.46. The van der Waals surface area contributed by atoms with Crippen LogP contribution in [0.15, 0.2) is 42.7 Å². The van der Waals surface area contributed by atoms with Crippen LogP contribution in [0.3, 0.4) is 0 Å². The molecule has 0 aliphatic carbocycles. The third kappa shape index (κ3) is 4.04. The molecule has 0 aliphatic heterocycles. The lowest BCUT2D eigenvalue weighted by atomic mass is 10.1. The quantitative estimate of drug-likeness (QED) is 0.781. The summed E-state index contributed by atoms with van der Waals surface area (Å²) in [5.74, 6) is -1.82. The summed E-state index contributed by atoms with van der Waals surface area (Å²) < 4.78 is 0. The van der Waals surface area contributed by atoms with Gasteiger partial charge in [-0.3, -0.25) is 9.78 Å². The van der Waals surface area contributed by atoms with Crippen molar-refractivity contribution in [3.05, 3.63) is 53.9 Å². The summed E-state index contributed by atoms with van der Waals surface area (Å²) >= 11 is 0. The highest BCUT2D eigenvalue weighted by atomic mass is 16.4. The van der Waals surface area contributed by atoms with Crippen LogP contribution in [0.25, 0.3) is 0 Å². The summed E-state index contributed by atoms with van der Waals surface area (Å²) in [5, 5.41) is 20.9. The Hall–Kier alpha value is -2.89. The van der Waals surface area contributed by atoms with Crippen LogP contribution < -0.4 is 5.32 Å². The normalized spacial score (nSPS) is 10.1. The van der Waals surface area contributed by atoms with Gasteiger partial charge < -0.3 is 15.5 Å². The van der Waals surface area contributed by atoms with Crippen molar-refractivity contribution >= 4 is 17.6 Å². The first-order chi connectivity index (χ1) is 10.1. The summed E-state index contributed by atoms with van der Waals surface area (Å²) in [6, 6.07) is 7.58. The molecule has 0 fully saturated rings. The molecule has 6 heteroatoms. The van der Waals surface area contributed by atoms with Crippen LogP contribution in [-0.4, -0.2) is 27.1 Å². The van der Waals surface area contributed by atoms with Gasteiger partial charge in [0.2, 0.25) is 5.91 Å². The van der Waals surface area contributed by atoms with Crippen LogP contribution in [0.5, 0.6) is 5.75 Å². The van der Waals surface area contributed by atoms with Gasteiger partial charge in [-0.2, -0.15) is 0 Å². The van der Waals surface area contributed by atoms with Crippen LogP contribution >= 0.6 is 0 Å². The number of nitrogens with one attached hydrogen (secondary N) is 1. The molecule has 2 rings (SSSR count). The third-order valence-corrected chi connectivity index (χ3v) is 2.88. The minimum Gasteiger partial charge on any atom is -0.507 e.